The first-order chi connectivity index (χ1) is 34.6. The van der Waals surface area contributed by atoms with Gasteiger partial charge in [0.15, 0.2) is 0 Å². The minimum atomic E-state index is 0.688. The van der Waals surface area contributed by atoms with Gasteiger partial charge < -0.3 is 10.6 Å². The molecule has 0 aromatic carbocycles. The lowest BCUT2D eigenvalue weighted by Crippen LogP contribution is -2.29. The van der Waals surface area contributed by atoms with E-state index < -0.39 is 0 Å². The lowest BCUT2D eigenvalue weighted by Gasteiger charge is -2.24. The molecule has 0 radical (unpaired) electrons. The van der Waals surface area contributed by atoms with Crippen LogP contribution in [0.3, 0.4) is 0 Å². The van der Waals surface area contributed by atoms with Crippen LogP contribution < -0.4 is 10.6 Å². The van der Waals surface area contributed by atoms with Crippen molar-refractivity contribution in [2.45, 2.75) is 361 Å². The van der Waals surface area contributed by atoms with Gasteiger partial charge in [0, 0.05) is 23.6 Å². The summed E-state index contributed by atoms with van der Waals surface area (Å²) in [5, 5.41) is 7.62. The first-order valence-corrected chi connectivity index (χ1v) is 35.7. The van der Waals surface area contributed by atoms with Gasteiger partial charge in [-0.2, -0.15) is 0 Å². The summed E-state index contributed by atoms with van der Waals surface area (Å²) in [6, 6.07) is 1.38. The van der Waals surface area contributed by atoms with E-state index in [1.165, 1.54) is 307 Å². The molecular weight excluding hydrogens is 885 g/mol. The molecule has 2 aliphatic carbocycles. The fraction of sp³-hybridized carbons (Fsp3) is 1.00. The average molecular weight is 1020 g/mol. The minimum Gasteiger partial charge on any atom is -0.317 e. The van der Waals surface area contributed by atoms with Gasteiger partial charge in [0.05, 0.1) is 0 Å². The Kier molecular flexibility index (Phi) is 48.1. The topological polar surface area (TPSA) is 24.1 Å². The van der Waals surface area contributed by atoms with Gasteiger partial charge in [0.2, 0.25) is 0 Å². The van der Waals surface area contributed by atoms with Crippen LogP contribution in [0.15, 0.2) is 0 Å². The van der Waals surface area contributed by atoms with Gasteiger partial charge in [-0.15, -0.1) is 0 Å². The highest BCUT2D eigenvalue weighted by atomic mass is 33.1. The van der Waals surface area contributed by atoms with E-state index in [0.29, 0.717) is 12.1 Å². The Bertz CT molecular complexity index is 958. The third-order valence-corrected chi connectivity index (χ3v) is 20.5. The number of nitrogens with one attached hydrogen (secondary N) is 2. The minimum absolute atomic E-state index is 0.688. The lowest BCUT2D eigenvalue weighted by molar-refractivity contribution is 0.331. The third kappa shape index (κ3) is 40.9. The van der Waals surface area contributed by atoms with E-state index in [4.69, 9.17) is 0 Å². The van der Waals surface area contributed by atoms with Crippen LogP contribution in [-0.2, 0) is 0 Å². The quantitative estimate of drug-likeness (QED) is 0.0468. The Morgan fingerprint density at radius 2 is 0.529 bits per heavy atom. The van der Waals surface area contributed by atoms with Crippen LogP contribution >= 0.6 is 21.6 Å². The van der Waals surface area contributed by atoms with Crippen molar-refractivity contribution in [2.75, 3.05) is 25.6 Å². The molecular formula is C66H132N2S2. The van der Waals surface area contributed by atoms with Gasteiger partial charge in [-0.05, 0) is 88.1 Å². The molecule has 2 saturated carbocycles. The smallest absolute Gasteiger partial charge is 0.00748 e. The standard InChI is InChI=1S/C66H132N2S2/c1-7-11-15-19-23-27-35-43-59(45-37-29-25-33-41-49-63-57-61(63)47-39-31-21-17-13-9-3)55-65(67-5)51-53-69-70-54-52-66(68-6)56-60(44-36-28-24-20-16-12-8-2)46-38-30-26-34-42-50-64-58-62(64)48-40-32-22-18-14-10-4/h59-68H,7-58H2,1-6H3. The summed E-state index contributed by atoms with van der Waals surface area (Å²) in [6.07, 6.45) is 73.2. The van der Waals surface area contributed by atoms with Crippen molar-refractivity contribution in [1.29, 1.82) is 0 Å². The molecule has 2 rings (SSSR count). The van der Waals surface area contributed by atoms with Crippen LogP contribution in [0.2, 0.25) is 0 Å². The molecule has 70 heavy (non-hydrogen) atoms. The van der Waals surface area contributed by atoms with E-state index in [2.05, 4.69) is 74.0 Å². The van der Waals surface area contributed by atoms with Crippen molar-refractivity contribution >= 4 is 21.6 Å². The summed E-state index contributed by atoms with van der Waals surface area (Å²) >= 11 is 0. The molecule has 2 fully saturated rings. The summed E-state index contributed by atoms with van der Waals surface area (Å²) in [7, 11) is 8.87. The SMILES string of the molecule is CCCCCCCCCC(CCCCCCCC1CC1CCCCCCCC)CC(CCSSCCC(CC(CCCCCCCCC)CCCCCCCC1CC1CCCCCCCC)NC)NC. The molecule has 2 N–H and O–H groups in total. The Labute approximate surface area is 451 Å². The number of unbranched alkanes of at least 4 members (excludes halogenated alkanes) is 30. The van der Waals surface area contributed by atoms with Crippen LogP contribution in [0, 0.1) is 35.5 Å². The van der Waals surface area contributed by atoms with E-state index in [0.717, 1.165) is 35.5 Å². The zero-order valence-corrected chi connectivity index (χ0v) is 50.8. The number of hydrogen-bond acceptors (Lipinski definition) is 4. The van der Waals surface area contributed by atoms with Crippen molar-refractivity contribution in [1.82, 2.24) is 10.6 Å². The second-order valence-corrected chi connectivity index (χ2v) is 27.2. The zero-order chi connectivity index (χ0) is 50.2. The predicted molar refractivity (Wildman–Crippen MR) is 325 cm³/mol. The van der Waals surface area contributed by atoms with Crippen molar-refractivity contribution in [3.05, 3.63) is 0 Å². The molecule has 0 heterocycles. The van der Waals surface area contributed by atoms with Gasteiger partial charge in [0.25, 0.3) is 0 Å². The lowest BCUT2D eigenvalue weighted by atomic mass is 9.88. The summed E-state index contributed by atoms with van der Waals surface area (Å²) in [5.74, 6) is 8.87. The normalized spacial score (nSPS) is 19.5. The molecule has 2 aliphatic rings. The van der Waals surface area contributed by atoms with E-state index in [-0.39, 0.29) is 0 Å². The van der Waals surface area contributed by atoms with Crippen LogP contribution in [0.1, 0.15) is 349 Å². The van der Waals surface area contributed by atoms with Crippen LogP contribution in [0.25, 0.3) is 0 Å². The van der Waals surface area contributed by atoms with Gasteiger partial charge in [-0.25, -0.2) is 0 Å². The third-order valence-electron chi connectivity index (χ3n) is 18.0. The highest BCUT2D eigenvalue weighted by molar-refractivity contribution is 8.76. The number of hydrogen-bond donors (Lipinski definition) is 2. The van der Waals surface area contributed by atoms with E-state index in [1.54, 1.807) is 25.7 Å². The summed E-state index contributed by atoms with van der Waals surface area (Å²) < 4.78 is 0. The Morgan fingerprint density at radius 3 is 0.771 bits per heavy atom. The first-order valence-electron chi connectivity index (χ1n) is 33.2. The molecule has 0 aromatic rings. The Balaban J connectivity index is 1.65. The van der Waals surface area contributed by atoms with E-state index >= 15 is 0 Å². The van der Waals surface area contributed by atoms with Crippen molar-refractivity contribution in [3.8, 4) is 0 Å². The molecule has 0 spiro atoms. The van der Waals surface area contributed by atoms with Crippen LogP contribution in [0.5, 0.6) is 0 Å². The highest BCUT2D eigenvalue weighted by Gasteiger charge is 2.36. The maximum absolute atomic E-state index is 3.81. The van der Waals surface area contributed by atoms with Crippen molar-refractivity contribution in [3.63, 3.8) is 0 Å². The maximum Gasteiger partial charge on any atom is 0.00748 e. The second kappa shape index (κ2) is 50.4. The maximum atomic E-state index is 3.81. The molecule has 0 aromatic heterocycles. The molecule has 418 valence electrons. The molecule has 8 atom stereocenters. The number of rotatable bonds is 59. The summed E-state index contributed by atoms with van der Waals surface area (Å²) in [5.41, 5.74) is 0. The molecule has 8 unspecified atom stereocenters. The fourth-order valence-corrected chi connectivity index (χ4v) is 15.0. The van der Waals surface area contributed by atoms with E-state index in [9.17, 15) is 0 Å². The molecule has 4 heteroatoms. The van der Waals surface area contributed by atoms with E-state index in [1.807, 2.05) is 0 Å². The highest BCUT2D eigenvalue weighted by Crippen LogP contribution is 2.47. The van der Waals surface area contributed by atoms with Gasteiger partial charge in [0.1, 0.15) is 0 Å². The van der Waals surface area contributed by atoms with Gasteiger partial charge >= 0.3 is 0 Å². The largest absolute Gasteiger partial charge is 0.317 e. The van der Waals surface area contributed by atoms with Crippen molar-refractivity contribution < 1.29 is 0 Å². The molecule has 0 bridgehead atoms. The fourth-order valence-electron chi connectivity index (χ4n) is 12.8. The predicted octanol–water partition coefficient (Wildman–Crippen LogP) is 22.9. The average Bonchev–Trinajstić information content (AvgIpc) is 4.31. The summed E-state index contributed by atoms with van der Waals surface area (Å²) in [4.78, 5) is 0. The van der Waals surface area contributed by atoms with Crippen LogP contribution in [0.4, 0.5) is 0 Å². The van der Waals surface area contributed by atoms with Crippen molar-refractivity contribution in [2.24, 2.45) is 35.5 Å². The molecule has 0 saturated heterocycles. The molecule has 2 nitrogen and oxygen atoms in total. The monoisotopic (exact) mass is 1020 g/mol. The first kappa shape index (κ1) is 66.7. The van der Waals surface area contributed by atoms with Gasteiger partial charge in [-0.3, -0.25) is 0 Å². The zero-order valence-electron chi connectivity index (χ0n) is 49.2. The Hall–Kier alpha value is 0.620. The second-order valence-electron chi connectivity index (χ2n) is 24.5. The van der Waals surface area contributed by atoms with Gasteiger partial charge in [-0.1, -0.05) is 332 Å². The molecule has 0 aliphatic heterocycles. The van der Waals surface area contributed by atoms with Crippen LogP contribution in [-0.4, -0.2) is 37.7 Å². The Morgan fingerprint density at radius 1 is 0.300 bits per heavy atom. The summed E-state index contributed by atoms with van der Waals surface area (Å²) in [6.45, 7) is 9.35. The molecule has 0 amide bonds.